The second kappa shape index (κ2) is 4.51. The summed E-state index contributed by atoms with van der Waals surface area (Å²) in [4.78, 5) is 0. The Labute approximate surface area is 85.7 Å². The van der Waals surface area contributed by atoms with Crippen LogP contribution in [0, 0.1) is 11.8 Å². The minimum absolute atomic E-state index is 0.189. The Morgan fingerprint density at radius 3 is 2.23 bits per heavy atom. The van der Waals surface area contributed by atoms with Gasteiger partial charge in [-0.25, -0.2) is 8.42 Å². The molecule has 0 amide bonds. The average Bonchev–Trinajstić information content (AvgIpc) is 2.33. The van der Waals surface area contributed by atoms with Crippen molar-refractivity contribution in [1.29, 1.82) is 0 Å². The summed E-state index contributed by atoms with van der Waals surface area (Å²) in [5.74, 6) is 0.728. The first kappa shape index (κ1) is 11.1. The van der Waals surface area contributed by atoms with Crippen molar-refractivity contribution >= 4 is 22.5 Å². The minimum atomic E-state index is -2.28. The number of thiol groups is 1. The second-order valence-electron chi connectivity index (χ2n) is 3.52. The molecule has 2 nitrogen and oxygen atoms in total. The van der Waals surface area contributed by atoms with Crippen molar-refractivity contribution < 1.29 is 8.42 Å². The Hall–Kier alpha value is 0.0400. The molecule has 0 aromatic rings. The van der Waals surface area contributed by atoms with Gasteiger partial charge < -0.3 is 0 Å². The summed E-state index contributed by atoms with van der Waals surface area (Å²) in [5, 5.41) is 0.373. The van der Waals surface area contributed by atoms with Crippen LogP contribution in [0.4, 0.5) is 0 Å². The first-order valence-corrected chi connectivity index (χ1v) is 6.68. The van der Waals surface area contributed by atoms with Gasteiger partial charge in [0.15, 0.2) is 10.7 Å². The van der Waals surface area contributed by atoms with E-state index in [0.717, 1.165) is 0 Å². The van der Waals surface area contributed by atoms with Gasteiger partial charge in [-0.1, -0.05) is 26.0 Å². The molecule has 1 aliphatic rings. The molecule has 4 atom stereocenters. The molecule has 4 unspecified atom stereocenters. The molecule has 1 saturated heterocycles. The Kier molecular flexibility index (Phi) is 3.86. The van der Waals surface area contributed by atoms with Gasteiger partial charge in [-0.15, -0.1) is 11.8 Å². The summed E-state index contributed by atoms with van der Waals surface area (Å²) >= 11 is 1.58. The van der Waals surface area contributed by atoms with Gasteiger partial charge in [0.05, 0.1) is 0 Å². The zero-order valence-electron chi connectivity index (χ0n) is 8.14. The van der Waals surface area contributed by atoms with Gasteiger partial charge in [0.1, 0.15) is 4.58 Å². The molecule has 0 N–H and O–H groups in total. The van der Waals surface area contributed by atoms with E-state index in [1.165, 1.54) is 0 Å². The molecule has 0 radical (unpaired) electrons. The van der Waals surface area contributed by atoms with E-state index in [-0.39, 0.29) is 10.5 Å². The molecular formula is C9H16O2S2. The lowest BCUT2D eigenvalue weighted by molar-refractivity contribution is 0.445. The third-order valence-electron chi connectivity index (χ3n) is 2.68. The molecule has 1 aliphatic heterocycles. The smallest absolute Gasteiger partial charge is 0.152 e. The van der Waals surface area contributed by atoms with E-state index in [9.17, 15) is 8.42 Å². The highest BCUT2D eigenvalue weighted by Gasteiger charge is 2.38. The fourth-order valence-corrected chi connectivity index (χ4v) is 4.66. The SMILES string of the molecule is C/C=C/C1SC([SH](=O)=O)C(C)C1C. The fourth-order valence-electron chi connectivity index (χ4n) is 1.62. The molecule has 13 heavy (non-hydrogen) atoms. The zero-order chi connectivity index (χ0) is 10.0. The lowest BCUT2D eigenvalue weighted by Crippen LogP contribution is -2.16. The summed E-state index contributed by atoms with van der Waals surface area (Å²) in [6.45, 7) is 6.13. The van der Waals surface area contributed by atoms with Crippen LogP contribution < -0.4 is 0 Å². The maximum absolute atomic E-state index is 10.9. The Morgan fingerprint density at radius 1 is 1.23 bits per heavy atom. The molecule has 0 aromatic carbocycles. The van der Waals surface area contributed by atoms with Crippen LogP contribution in [-0.4, -0.2) is 18.2 Å². The lowest BCUT2D eigenvalue weighted by atomic mass is 9.94. The quantitative estimate of drug-likeness (QED) is 0.570. The molecular weight excluding hydrogens is 204 g/mol. The van der Waals surface area contributed by atoms with Crippen molar-refractivity contribution in [3.63, 3.8) is 0 Å². The highest BCUT2D eigenvalue weighted by molar-refractivity contribution is 8.09. The van der Waals surface area contributed by atoms with E-state index in [2.05, 4.69) is 13.0 Å². The number of rotatable bonds is 2. The van der Waals surface area contributed by atoms with Gasteiger partial charge in [0.25, 0.3) is 0 Å². The van der Waals surface area contributed by atoms with Crippen LogP contribution in [0.15, 0.2) is 12.2 Å². The van der Waals surface area contributed by atoms with E-state index in [1.807, 2.05) is 19.9 Å². The summed E-state index contributed by atoms with van der Waals surface area (Å²) in [7, 11) is -2.28. The van der Waals surface area contributed by atoms with Gasteiger partial charge in [0, 0.05) is 5.25 Å². The number of hydrogen-bond acceptors (Lipinski definition) is 3. The fraction of sp³-hybridized carbons (Fsp3) is 0.778. The van der Waals surface area contributed by atoms with Crippen LogP contribution in [0.2, 0.25) is 0 Å². The van der Waals surface area contributed by atoms with Gasteiger partial charge in [-0.05, 0) is 18.8 Å². The van der Waals surface area contributed by atoms with Crippen LogP contribution >= 0.6 is 11.8 Å². The summed E-state index contributed by atoms with van der Waals surface area (Å²) in [6, 6.07) is 0. The van der Waals surface area contributed by atoms with Crippen LogP contribution in [0.25, 0.3) is 0 Å². The molecule has 4 heteroatoms. The average molecular weight is 220 g/mol. The Bertz CT molecular complexity index is 263. The summed E-state index contributed by atoms with van der Waals surface area (Å²) < 4.78 is 21.6. The predicted octanol–water partition coefficient (Wildman–Crippen LogP) is 1.89. The molecule has 0 bridgehead atoms. The van der Waals surface area contributed by atoms with Crippen molar-refractivity contribution in [1.82, 2.24) is 0 Å². The predicted molar refractivity (Wildman–Crippen MR) is 58.6 cm³/mol. The highest BCUT2D eigenvalue weighted by atomic mass is 32.2. The van der Waals surface area contributed by atoms with Gasteiger partial charge in [-0.2, -0.15) is 0 Å². The molecule has 0 saturated carbocycles. The number of hydrogen-bond donors (Lipinski definition) is 1. The van der Waals surface area contributed by atoms with Gasteiger partial charge >= 0.3 is 0 Å². The normalized spacial score (nSPS) is 40.6. The van der Waals surface area contributed by atoms with Crippen molar-refractivity contribution in [2.45, 2.75) is 30.6 Å². The standard InChI is InChI=1S/C9H16O2S2/c1-4-5-8-6(2)7(3)9(12-8)13(10)11/h4-9,13H,1-3H3/b5-4+. The topological polar surface area (TPSA) is 34.1 Å². The molecule has 76 valence electrons. The number of thioether (sulfide) groups is 1. The zero-order valence-corrected chi connectivity index (χ0v) is 9.85. The Balaban J connectivity index is 2.77. The van der Waals surface area contributed by atoms with E-state index >= 15 is 0 Å². The summed E-state index contributed by atoms with van der Waals surface area (Å²) in [6.07, 6.45) is 4.10. The molecule has 0 aromatic heterocycles. The van der Waals surface area contributed by atoms with Crippen molar-refractivity contribution in [3.8, 4) is 0 Å². The van der Waals surface area contributed by atoms with Crippen molar-refractivity contribution in [3.05, 3.63) is 12.2 Å². The maximum Gasteiger partial charge on any atom is 0.152 e. The number of allylic oxidation sites excluding steroid dienone is 1. The van der Waals surface area contributed by atoms with Crippen LogP contribution in [0.3, 0.4) is 0 Å². The first-order chi connectivity index (χ1) is 6.07. The van der Waals surface area contributed by atoms with E-state index in [1.54, 1.807) is 11.8 Å². The maximum atomic E-state index is 10.9. The molecule has 0 aliphatic carbocycles. The Morgan fingerprint density at radius 2 is 1.85 bits per heavy atom. The van der Waals surface area contributed by atoms with E-state index in [0.29, 0.717) is 11.2 Å². The second-order valence-corrected chi connectivity index (χ2v) is 6.32. The summed E-state index contributed by atoms with van der Waals surface area (Å²) in [5.41, 5.74) is 0. The van der Waals surface area contributed by atoms with Crippen molar-refractivity contribution in [2.75, 3.05) is 0 Å². The molecule has 1 heterocycles. The molecule has 1 rings (SSSR count). The monoisotopic (exact) mass is 220 g/mol. The van der Waals surface area contributed by atoms with Gasteiger partial charge in [-0.3, -0.25) is 0 Å². The third kappa shape index (κ3) is 2.29. The molecule has 1 fully saturated rings. The van der Waals surface area contributed by atoms with Crippen LogP contribution in [0.5, 0.6) is 0 Å². The van der Waals surface area contributed by atoms with Gasteiger partial charge in [0.2, 0.25) is 0 Å². The minimum Gasteiger partial charge on any atom is -0.231 e. The largest absolute Gasteiger partial charge is 0.231 e. The third-order valence-corrected chi connectivity index (χ3v) is 6.06. The van der Waals surface area contributed by atoms with E-state index in [4.69, 9.17) is 0 Å². The first-order valence-electron chi connectivity index (χ1n) is 4.49. The lowest BCUT2D eigenvalue weighted by Gasteiger charge is -2.12. The van der Waals surface area contributed by atoms with E-state index < -0.39 is 10.7 Å². The molecule has 0 spiro atoms. The van der Waals surface area contributed by atoms with Crippen LogP contribution in [0.1, 0.15) is 20.8 Å². The van der Waals surface area contributed by atoms with Crippen LogP contribution in [-0.2, 0) is 10.7 Å². The van der Waals surface area contributed by atoms with Crippen molar-refractivity contribution in [2.24, 2.45) is 11.8 Å². The highest BCUT2D eigenvalue weighted by Crippen LogP contribution is 2.43.